The lowest BCUT2D eigenvalue weighted by atomic mass is 10.1. The molecule has 0 atom stereocenters. The fourth-order valence-corrected chi connectivity index (χ4v) is 1.44. The summed E-state index contributed by atoms with van der Waals surface area (Å²) in [5.41, 5.74) is 2.44. The van der Waals surface area contributed by atoms with Gasteiger partial charge in [0.25, 0.3) is 0 Å². The first-order valence-electron chi connectivity index (χ1n) is 6.61. The molecule has 0 saturated carbocycles. The molecule has 0 saturated heterocycles. The van der Waals surface area contributed by atoms with E-state index in [9.17, 15) is 0 Å². The fourth-order valence-electron chi connectivity index (χ4n) is 1.44. The molecule has 1 heterocycles. The third kappa shape index (κ3) is 6.72. The Labute approximate surface area is 111 Å². The van der Waals surface area contributed by atoms with Crippen LogP contribution in [-0.4, -0.2) is 16.1 Å². The summed E-state index contributed by atoms with van der Waals surface area (Å²) in [5, 5.41) is 6.91. The monoisotopic (exact) mass is 249 g/mol. The molecule has 0 spiro atoms. The number of hydrogen-bond acceptors (Lipinski definition) is 3. The Hall–Kier alpha value is -0.930. The Kier molecular flexibility index (Phi) is 4.88. The van der Waals surface area contributed by atoms with Crippen molar-refractivity contribution in [2.75, 3.05) is 0 Å². The van der Waals surface area contributed by atoms with Gasteiger partial charge in [0.05, 0.1) is 11.4 Å². The molecule has 18 heavy (non-hydrogen) atoms. The molecule has 0 unspecified atom stereocenters. The Balaban J connectivity index is 2.57. The van der Waals surface area contributed by atoms with Gasteiger partial charge in [0.15, 0.2) is 0 Å². The molecule has 102 valence electrons. The normalized spacial score (nSPS) is 12.8. The van der Waals surface area contributed by atoms with Crippen LogP contribution in [-0.2, 0) is 13.1 Å². The Morgan fingerprint density at radius 1 is 0.833 bits per heavy atom. The molecule has 0 amide bonds. The van der Waals surface area contributed by atoms with E-state index in [1.165, 1.54) is 0 Å². The van der Waals surface area contributed by atoms with E-state index in [0.29, 0.717) is 0 Å². The van der Waals surface area contributed by atoms with E-state index < -0.39 is 0 Å². The molecular weight excluding hydrogens is 222 g/mol. The predicted molar refractivity (Wildman–Crippen MR) is 77.4 cm³/mol. The van der Waals surface area contributed by atoms with E-state index in [1.54, 1.807) is 0 Å². The van der Waals surface area contributed by atoms with Gasteiger partial charge in [-0.3, -0.25) is 4.98 Å². The average Bonchev–Trinajstić information content (AvgIpc) is 2.22. The van der Waals surface area contributed by atoms with Gasteiger partial charge in [-0.25, -0.2) is 0 Å². The number of rotatable bonds is 4. The summed E-state index contributed by atoms with van der Waals surface area (Å²) in [4.78, 5) is 4.65. The number of aromatic nitrogens is 1. The zero-order chi connectivity index (χ0) is 13.8. The van der Waals surface area contributed by atoms with Crippen LogP contribution in [0.15, 0.2) is 18.2 Å². The summed E-state index contributed by atoms with van der Waals surface area (Å²) in [6.45, 7) is 14.6. The number of nitrogens with one attached hydrogen (secondary N) is 2. The maximum atomic E-state index is 4.65. The Morgan fingerprint density at radius 2 is 1.22 bits per heavy atom. The van der Waals surface area contributed by atoms with Gasteiger partial charge >= 0.3 is 0 Å². The summed E-state index contributed by atoms with van der Waals surface area (Å²) in [5.74, 6) is 0. The highest BCUT2D eigenvalue weighted by Crippen LogP contribution is 2.05. The Morgan fingerprint density at radius 3 is 1.56 bits per heavy atom. The minimum atomic E-state index is 0.126. The standard InChI is InChI=1S/C15H27N3/c1-14(2,3)16-10-12-8-7-9-13(18-12)11-17-15(4,5)6/h7-9,16-17H,10-11H2,1-6H3. The third-order valence-electron chi connectivity index (χ3n) is 2.46. The van der Waals surface area contributed by atoms with Crippen molar-refractivity contribution >= 4 is 0 Å². The molecule has 1 rings (SSSR count). The zero-order valence-electron chi connectivity index (χ0n) is 12.6. The number of hydrogen-bond donors (Lipinski definition) is 2. The lowest BCUT2D eigenvalue weighted by Crippen LogP contribution is -2.36. The van der Waals surface area contributed by atoms with Crippen molar-refractivity contribution in [2.45, 2.75) is 65.7 Å². The topological polar surface area (TPSA) is 37.0 Å². The second-order valence-electron chi connectivity index (χ2n) is 6.83. The van der Waals surface area contributed by atoms with Crippen LogP contribution in [0.25, 0.3) is 0 Å². The van der Waals surface area contributed by atoms with Gasteiger partial charge in [-0.1, -0.05) is 6.07 Å². The molecule has 0 bridgehead atoms. The van der Waals surface area contributed by atoms with E-state index in [2.05, 4.69) is 75.4 Å². The van der Waals surface area contributed by atoms with E-state index >= 15 is 0 Å². The van der Waals surface area contributed by atoms with Gasteiger partial charge < -0.3 is 10.6 Å². The molecule has 1 aromatic heterocycles. The highest BCUT2D eigenvalue weighted by Gasteiger charge is 2.10. The third-order valence-corrected chi connectivity index (χ3v) is 2.46. The van der Waals surface area contributed by atoms with E-state index in [0.717, 1.165) is 24.5 Å². The number of pyridine rings is 1. The van der Waals surface area contributed by atoms with Crippen molar-refractivity contribution in [2.24, 2.45) is 0 Å². The van der Waals surface area contributed by atoms with Gasteiger partial charge in [0.2, 0.25) is 0 Å². The highest BCUT2D eigenvalue weighted by molar-refractivity contribution is 5.11. The largest absolute Gasteiger partial charge is 0.306 e. The van der Waals surface area contributed by atoms with Crippen molar-refractivity contribution in [1.29, 1.82) is 0 Å². The van der Waals surface area contributed by atoms with Crippen LogP contribution in [0.2, 0.25) is 0 Å². The molecule has 0 aliphatic heterocycles. The molecule has 1 aromatic rings. The fraction of sp³-hybridized carbons (Fsp3) is 0.667. The van der Waals surface area contributed by atoms with Crippen LogP contribution >= 0.6 is 0 Å². The Bertz CT molecular complexity index is 339. The van der Waals surface area contributed by atoms with E-state index in [1.807, 2.05) is 0 Å². The van der Waals surface area contributed by atoms with E-state index in [-0.39, 0.29) is 11.1 Å². The molecule has 2 N–H and O–H groups in total. The quantitative estimate of drug-likeness (QED) is 0.861. The minimum absolute atomic E-state index is 0.126. The highest BCUT2D eigenvalue weighted by atomic mass is 15.0. The van der Waals surface area contributed by atoms with Crippen LogP contribution < -0.4 is 10.6 Å². The molecular formula is C15H27N3. The molecule has 3 heteroatoms. The van der Waals surface area contributed by atoms with Crippen molar-refractivity contribution in [3.63, 3.8) is 0 Å². The SMILES string of the molecule is CC(C)(C)NCc1cccc(CNC(C)(C)C)n1. The lowest BCUT2D eigenvalue weighted by Gasteiger charge is -2.21. The van der Waals surface area contributed by atoms with Crippen molar-refractivity contribution in [3.05, 3.63) is 29.6 Å². The summed E-state index contributed by atoms with van der Waals surface area (Å²) < 4.78 is 0. The second-order valence-corrected chi connectivity index (χ2v) is 6.83. The predicted octanol–water partition coefficient (Wildman–Crippen LogP) is 2.86. The zero-order valence-corrected chi connectivity index (χ0v) is 12.6. The van der Waals surface area contributed by atoms with Gasteiger partial charge in [-0.2, -0.15) is 0 Å². The van der Waals surface area contributed by atoms with Crippen LogP contribution in [0, 0.1) is 0 Å². The van der Waals surface area contributed by atoms with Crippen LogP contribution in [0.4, 0.5) is 0 Å². The molecule has 0 aliphatic carbocycles. The summed E-state index contributed by atoms with van der Waals surface area (Å²) >= 11 is 0. The first-order valence-corrected chi connectivity index (χ1v) is 6.61. The summed E-state index contributed by atoms with van der Waals surface area (Å²) in [6, 6.07) is 6.21. The summed E-state index contributed by atoms with van der Waals surface area (Å²) in [7, 11) is 0. The van der Waals surface area contributed by atoms with Gasteiger partial charge in [0, 0.05) is 24.2 Å². The molecule has 3 nitrogen and oxygen atoms in total. The average molecular weight is 249 g/mol. The minimum Gasteiger partial charge on any atom is -0.306 e. The second kappa shape index (κ2) is 5.81. The van der Waals surface area contributed by atoms with Gasteiger partial charge in [-0.15, -0.1) is 0 Å². The van der Waals surface area contributed by atoms with Crippen molar-refractivity contribution < 1.29 is 0 Å². The molecule has 0 fully saturated rings. The molecule has 0 aromatic carbocycles. The summed E-state index contributed by atoms with van der Waals surface area (Å²) in [6.07, 6.45) is 0. The first kappa shape index (κ1) is 15.1. The van der Waals surface area contributed by atoms with Crippen LogP contribution in [0.1, 0.15) is 52.9 Å². The maximum absolute atomic E-state index is 4.65. The number of nitrogens with zero attached hydrogens (tertiary/aromatic N) is 1. The van der Waals surface area contributed by atoms with Crippen LogP contribution in [0.3, 0.4) is 0 Å². The lowest BCUT2D eigenvalue weighted by molar-refractivity contribution is 0.415. The maximum Gasteiger partial charge on any atom is 0.0545 e. The molecule has 0 aliphatic rings. The van der Waals surface area contributed by atoms with Crippen molar-refractivity contribution in [3.8, 4) is 0 Å². The first-order chi connectivity index (χ1) is 8.16. The molecule has 0 radical (unpaired) electrons. The van der Waals surface area contributed by atoms with E-state index in [4.69, 9.17) is 0 Å². The van der Waals surface area contributed by atoms with Crippen LogP contribution in [0.5, 0.6) is 0 Å². The van der Waals surface area contributed by atoms with Gasteiger partial charge in [0.1, 0.15) is 0 Å². The van der Waals surface area contributed by atoms with Crippen molar-refractivity contribution in [1.82, 2.24) is 15.6 Å². The smallest absolute Gasteiger partial charge is 0.0545 e. The van der Waals surface area contributed by atoms with Gasteiger partial charge in [-0.05, 0) is 53.7 Å².